The first-order valence-electron chi connectivity index (χ1n) is 7.48. The average Bonchev–Trinajstić information content (AvgIpc) is 2.86. The van der Waals surface area contributed by atoms with Crippen LogP contribution in [0.2, 0.25) is 0 Å². The number of hydrogen-bond donors (Lipinski definition) is 1. The molecule has 2 atom stereocenters. The molecule has 1 N–H and O–H groups in total. The fourth-order valence-corrected chi connectivity index (χ4v) is 2.78. The van der Waals surface area contributed by atoms with Gasteiger partial charge in [0.25, 0.3) is 0 Å². The first-order valence-corrected chi connectivity index (χ1v) is 7.48. The van der Waals surface area contributed by atoms with Gasteiger partial charge in [0.1, 0.15) is 13.2 Å². The summed E-state index contributed by atoms with van der Waals surface area (Å²) in [6, 6.07) is 5.53. The Morgan fingerprint density at radius 1 is 1.32 bits per heavy atom. The van der Waals surface area contributed by atoms with Gasteiger partial charge < -0.3 is 19.7 Å². The van der Waals surface area contributed by atoms with Crippen molar-refractivity contribution in [2.75, 3.05) is 26.8 Å². The topological polar surface area (TPSA) is 67.9 Å². The second-order valence-electron chi connectivity index (χ2n) is 5.81. The second kappa shape index (κ2) is 5.87. The lowest BCUT2D eigenvalue weighted by Crippen LogP contribution is -2.34. The molecule has 2 amide bonds. The van der Waals surface area contributed by atoms with E-state index in [-0.39, 0.29) is 30.2 Å². The van der Waals surface area contributed by atoms with E-state index < -0.39 is 0 Å². The first-order chi connectivity index (χ1) is 10.5. The van der Waals surface area contributed by atoms with E-state index in [2.05, 4.69) is 5.32 Å². The Kier molecular flexibility index (Phi) is 3.92. The molecule has 1 saturated heterocycles. The zero-order chi connectivity index (χ0) is 15.7. The van der Waals surface area contributed by atoms with Gasteiger partial charge in [0.2, 0.25) is 11.8 Å². The van der Waals surface area contributed by atoms with Crippen molar-refractivity contribution in [2.24, 2.45) is 5.92 Å². The number of fused-ring (bicyclic) bond motifs is 1. The minimum atomic E-state index is -0.267. The van der Waals surface area contributed by atoms with E-state index in [4.69, 9.17) is 9.47 Å². The summed E-state index contributed by atoms with van der Waals surface area (Å²) in [5, 5.41) is 2.97. The predicted octanol–water partition coefficient (Wildman–Crippen LogP) is 1.11. The molecule has 0 aliphatic carbocycles. The third kappa shape index (κ3) is 2.86. The van der Waals surface area contributed by atoms with Crippen molar-refractivity contribution >= 4 is 11.8 Å². The molecule has 0 saturated carbocycles. The number of likely N-dealkylation sites (tertiary alicyclic amines) is 1. The molecule has 0 unspecified atom stereocenters. The molecule has 6 heteroatoms. The van der Waals surface area contributed by atoms with E-state index in [0.717, 1.165) is 11.3 Å². The second-order valence-corrected chi connectivity index (χ2v) is 5.81. The van der Waals surface area contributed by atoms with E-state index in [0.29, 0.717) is 25.5 Å². The first kappa shape index (κ1) is 14.7. The third-order valence-electron chi connectivity index (χ3n) is 4.14. The molecule has 1 aromatic rings. The predicted molar refractivity (Wildman–Crippen MR) is 79.7 cm³/mol. The van der Waals surface area contributed by atoms with Crippen LogP contribution in [0.25, 0.3) is 0 Å². The van der Waals surface area contributed by atoms with Crippen LogP contribution in [0.15, 0.2) is 18.2 Å². The number of carbonyl (C=O) groups is 2. The van der Waals surface area contributed by atoms with Crippen molar-refractivity contribution in [3.8, 4) is 11.5 Å². The van der Waals surface area contributed by atoms with Gasteiger partial charge in [0, 0.05) is 20.0 Å². The molecule has 1 fully saturated rings. The highest BCUT2D eigenvalue weighted by atomic mass is 16.6. The molecule has 0 bridgehead atoms. The summed E-state index contributed by atoms with van der Waals surface area (Å²) < 4.78 is 11.0. The summed E-state index contributed by atoms with van der Waals surface area (Å²) in [5.74, 6) is 1.11. The van der Waals surface area contributed by atoms with E-state index in [1.165, 1.54) is 0 Å². The summed E-state index contributed by atoms with van der Waals surface area (Å²) in [6.07, 6.45) is 0.288. The Balaban J connectivity index is 1.65. The van der Waals surface area contributed by atoms with Crippen LogP contribution in [0.1, 0.15) is 24.9 Å². The number of nitrogens with one attached hydrogen (secondary N) is 1. The van der Waals surface area contributed by atoms with Gasteiger partial charge >= 0.3 is 0 Å². The van der Waals surface area contributed by atoms with Crippen LogP contribution < -0.4 is 14.8 Å². The lowest BCUT2D eigenvalue weighted by molar-refractivity contribution is -0.128. The Morgan fingerprint density at radius 3 is 2.73 bits per heavy atom. The van der Waals surface area contributed by atoms with Crippen molar-refractivity contribution in [1.82, 2.24) is 10.2 Å². The lowest BCUT2D eigenvalue weighted by atomic mass is 10.0. The van der Waals surface area contributed by atoms with Crippen LogP contribution in [0.5, 0.6) is 11.5 Å². The Hall–Kier alpha value is -2.24. The van der Waals surface area contributed by atoms with E-state index in [9.17, 15) is 9.59 Å². The number of nitrogens with zero attached hydrogens (tertiary/aromatic N) is 1. The molecule has 22 heavy (non-hydrogen) atoms. The normalized spacial score (nSPS) is 21.6. The molecule has 2 aliphatic rings. The summed E-state index contributed by atoms with van der Waals surface area (Å²) in [6.45, 7) is 3.50. The van der Waals surface area contributed by atoms with Gasteiger partial charge in [0.05, 0.1) is 12.0 Å². The van der Waals surface area contributed by atoms with Gasteiger partial charge in [0.15, 0.2) is 11.5 Å². The number of benzene rings is 1. The van der Waals surface area contributed by atoms with E-state index in [1.807, 2.05) is 25.1 Å². The Labute approximate surface area is 129 Å². The summed E-state index contributed by atoms with van der Waals surface area (Å²) in [5.41, 5.74) is 0.954. The molecule has 0 radical (unpaired) electrons. The Morgan fingerprint density at radius 2 is 2.05 bits per heavy atom. The van der Waals surface area contributed by atoms with Gasteiger partial charge in [-0.15, -0.1) is 0 Å². The zero-order valence-electron chi connectivity index (χ0n) is 12.8. The molecule has 0 aromatic heterocycles. The molecule has 3 rings (SSSR count). The maximum absolute atomic E-state index is 12.3. The standard InChI is InChI=1S/C16H20N2O4/c1-10(17-16(20)12-8-15(19)18(2)9-12)11-3-4-13-14(7-11)22-6-5-21-13/h3-4,7,10,12H,5-6,8-9H2,1-2H3,(H,17,20)/t10-,12-/m1/s1. The minimum absolute atomic E-state index is 0.0205. The summed E-state index contributed by atoms with van der Waals surface area (Å²) in [7, 11) is 1.72. The van der Waals surface area contributed by atoms with Crippen molar-refractivity contribution in [2.45, 2.75) is 19.4 Å². The molecular formula is C16H20N2O4. The van der Waals surface area contributed by atoms with Crippen molar-refractivity contribution in [3.05, 3.63) is 23.8 Å². The fraction of sp³-hybridized carbons (Fsp3) is 0.500. The van der Waals surface area contributed by atoms with Crippen LogP contribution in [-0.2, 0) is 9.59 Å². The minimum Gasteiger partial charge on any atom is -0.486 e. The van der Waals surface area contributed by atoms with Gasteiger partial charge in [-0.25, -0.2) is 0 Å². The monoisotopic (exact) mass is 304 g/mol. The number of hydrogen-bond acceptors (Lipinski definition) is 4. The van der Waals surface area contributed by atoms with Crippen molar-refractivity contribution in [3.63, 3.8) is 0 Å². The number of carbonyl (C=O) groups excluding carboxylic acids is 2. The lowest BCUT2D eigenvalue weighted by Gasteiger charge is -2.21. The Bertz CT molecular complexity index is 602. The van der Waals surface area contributed by atoms with Crippen LogP contribution in [-0.4, -0.2) is 43.5 Å². The highest BCUT2D eigenvalue weighted by Gasteiger charge is 2.32. The highest BCUT2D eigenvalue weighted by Crippen LogP contribution is 2.32. The SMILES string of the molecule is C[C@@H](NC(=O)[C@@H]1CC(=O)N(C)C1)c1ccc2c(c1)OCCO2. The summed E-state index contributed by atoms with van der Waals surface area (Å²) >= 11 is 0. The van der Waals surface area contributed by atoms with Crippen LogP contribution in [0.3, 0.4) is 0 Å². The van der Waals surface area contributed by atoms with Gasteiger partial charge in [-0.3, -0.25) is 9.59 Å². The molecule has 2 heterocycles. The quantitative estimate of drug-likeness (QED) is 0.908. The molecule has 118 valence electrons. The highest BCUT2D eigenvalue weighted by molar-refractivity contribution is 5.89. The fourth-order valence-electron chi connectivity index (χ4n) is 2.78. The van der Waals surface area contributed by atoms with E-state index in [1.54, 1.807) is 11.9 Å². The van der Waals surface area contributed by atoms with Crippen molar-refractivity contribution < 1.29 is 19.1 Å². The third-order valence-corrected chi connectivity index (χ3v) is 4.14. The number of rotatable bonds is 3. The van der Waals surface area contributed by atoms with Gasteiger partial charge in [-0.2, -0.15) is 0 Å². The van der Waals surface area contributed by atoms with Crippen LogP contribution in [0, 0.1) is 5.92 Å². The maximum Gasteiger partial charge on any atom is 0.225 e. The largest absolute Gasteiger partial charge is 0.486 e. The van der Waals surface area contributed by atoms with Crippen molar-refractivity contribution in [1.29, 1.82) is 0 Å². The van der Waals surface area contributed by atoms with Gasteiger partial charge in [-0.1, -0.05) is 6.07 Å². The summed E-state index contributed by atoms with van der Waals surface area (Å²) in [4.78, 5) is 25.4. The van der Waals surface area contributed by atoms with E-state index >= 15 is 0 Å². The molecule has 6 nitrogen and oxygen atoms in total. The van der Waals surface area contributed by atoms with Gasteiger partial charge in [-0.05, 0) is 24.6 Å². The molecule has 2 aliphatic heterocycles. The van der Waals surface area contributed by atoms with Crippen LogP contribution >= 0.6 is 0 Å². The number of ether oxygens (including phenoxy) is 2. The van der Waals surface area contributed by atoms with Crippen LogP contribution in [0.4, 0.5) is 0 Å². The molecule has 1 aromatic carbocycles. The average molecular weight is 304 g/mol. The maximum atomic E-state index is 12.3. The smallest absolute Gasteiger partial charge is 0.225 e. The molecular weight excluding hydrogens is 284 g/mol. The number of amides is 2. The zero-order valence-corrected chi connectivity index (χ0v) is 12.8. The molecule has 0 spiro atoms.